The van der Waals surface area contributed by atoms with E-state index in [1.165, 1.54) is 0 Å². The molecular weight excluding hydrogens is 280 g/mol. The molecule has 0 fully saturated rings. The van der Waals surface area contributed by atoms with E-state index < -0.39 is 0 Å². The lowest BCUT2D eigenvalue weighted by molar-refractivity contribution is -0.385. The number of benzene rings is 2. The van der Waals surface area contributed by atoms with Gasteiger partial charge in [0.2, 0.25) is 0 Å². The van der Waals surface area contributed by atoms with Crippen molar-refractivity contribution in [3.05, 3.63) is 68.8 Å². The molecule has 1 aliphatic rings. The van der Waals surface area contributed by atoms with Gasteiger partial charge >= 0.3 is 0 Å². The van der Waals surface area contributed by atoms with Crippen LogP contribution in [0.4, 0.5) is 5.69 Å². The van der Waals surface area contributed by atoms with Crippen LogP contribution in [0.3, 0.4) is 0 Å². The normalized spacial score (nSPS) is 18.0. The van der Waals surface area contributed by atoms with Gasteiger partial charge in [0.1, 0.15) is 5.75 Å². The summed E-state index contributed by atoms with van der Waals surface area (Å²) in [7, 11) is 2.05. The SMILES string of the molecule is Cc1cc(C2c3ccc(O)cc3CCN2C)ccc1[N+](=O)[O-]. The number of nitrogens with zero attached hydrogens (tertiary/aromatic N) is 2. The molecule has 1 aliphatic heterocycles. The molecule has 5 nitrogen and oxygen atoms in total. The lowest BCUT2D eigenvalue weighted by Crippen LogP contribution is -2.32. The number of aryl methyl sites for hydroxylation is 1. The number of nitro groups is 1. The highest BCUT2D eigenvalue weighted by atomic mass is 16.6. The molecule has 22 heavy (non-hydrogen) atoms. The highest BCUT2D eigenvalue weighted by molar-refractivity contribution is 5.48. The van der Waals surface area contributed by atoms with E-state index in [4.69, 9.17) is 0 Å². The number of hydrogen-bond acceptors (Lipinski definition) is 4. The lowest BCUT2D eigenvalue weighted by atomic mass is 9.88. The highest BCUT2D eigenvalue weighted by Crippen LogP contribution is 2.36. The van der Waals surface area contributed by atoms with E-state index in [0.717, 1.165) is 29.7 Å². The molecule has 0 radical (unpaired) electrons. The maximum absolute atomic E-state index is 11.0. The molecule has 0 saturated heterocycles. The van der Waals surface area contributed by atoms with E-state index in [1.807, 2.05) is 24.3 Å². The second-order valence-corrected chi connectivity index (χ2v) is 5.82. The van der Waals surface area contributed by atoms with E-state index in [9.17, 15) is 15.2 Å². The van der Waals surface area contributed by atoms with Gasteiger partial charge in [-0.25, -0.2) is 0 Å². The number of fused-ring (bicyclic) bond motifs is 1. The number of hydrogen-bond donors (Lipinski definition) is 1. The van der Waals surface area contributed by atoms with Crippen LogP contribution in [0.25, 0.3) is 0 Å². The van der Waals surface area contributed by atoms with Crippen molar-refractivity contribution in [2.24, 2.45) is 0 Å². The minimum atomic E-state index is -0.352. The Morgan fingerprint density at radius 3 is 2.73 bits per heavy atom. The van der Waals surface area contributed by atoms with Crippen LogP contribution in [-0.2, 0) is 6.42 Å². The van der Waals surface area contributed by atoms with Crippen LogP contribution >= 0.6 is 0 Å². The minimum Gasteiger partial charge on any atom is -0.508 e. The fourth-order valence-corrected chi connectivity index (χ4v) is 3.23. The van der Waals surface area contributed by atoms with Gasteiger partial charge in [-0.15, -0.1) is 0 Å². The Morgan fingerprint density at radius 1 is 1.27 bits per heavy atom. The molecule has 5 heteroatoms. The van der Waals surface area contributed by atoms with Crippen LogP contribution in [-0.4, -0.2) is 28.5 Å². The first-order valence-corrected chi connectivity index (χ1v) is 7.24. The molecule has 3 rings (SSSR count). The number of phenolic OH excluding ortho intramolecular Hbond substituents is 1. The maximum Gasteiger partial charge on any atom is 0.272 e. The van der Waals surface area contributed by atoms with Crippen molar-refractivity contribution in [2.45, 2.75) is 19.4 Å². The summed E-state index contributed by atoms with van der Waals surface area (Å²) in [6, 6.07) is 10.8. The minimum absolute atomic E-state index is 0.0591. The lowest BCUT2D eigenvalue weighted by Gasteiger charge is -2.35. The molecule has 1 atom stereocenters. The molecule has 0 bridgehead atoms. The average molecular weight is 298 g/mol. The summed E-state index contributed by atoms with van der Waals surface area (Å²) in [6.07, 6.45) is 0.892. The van der Waals surface area contributed by atoms with Crippen molar-refractivity contribution in [3.63, 3.8) is 0 Å². The van der Waals surface area contributed by atoms with Crippen LogP contribution in [0.2, 0.25) is 0 Å². The Labute approximate surface area is 129 Å². The fraction of sp³-hybridized carbons (Fsp3) is 0.294. The molecule has 0 amide bonds. The fourth-order valence-electron chi connectivity index (χ4n) is 3.23. The van der Waals surface area contributed by atoms with Gasteiger partial charge < -0.3 is 5.11 Å². The van der Waals surface area contributed by atoms with Crippen LogP contribution in [0, 0.1) is 17.0 Å². The van der Waals surface area contributed by atoms with Gasteiger partial charge in [-0.05, 0) is 55.3 Å². The van der Waals surface area contributed by atoms with Gasteiger partial charge in [0.25, 0.3) is 5.69 Å². The third-order valence-corrected chi connectivity index (χ3v) is 4.33. The first kappa shape index (κ1) is 14.5. The van der Waals surface area contributed by atoms with Gasteiger partial charge in [-0.2, -0.15) is 0 Å². The van der Waals surface area contributed by atoms with Gasteiger partial charge in [0.05, 0.1) is 11.0 Å². The van der Waals surface area contributed by atoms with E-state index in [2.05, 4.69) is 11.9 Å². The molecule has 1 unspecified atom stereocenters. The van der Waals surface area contributed by atoms with Crippen LogP contribution in [0.1, 0.15) is 28.3 Å². The molecule has 1 N–H and O–H groups in total. The summed E-state index contributed by atoms with van der Waals surface area (Å²) in [6.45, 7) is 2.65. The first-order valence-electron chi connectivity index (χ1n) is 7.24. The maximum atomic E-state index is 11.0. The standard InChI is InChI=1S/C17H18N2O3/c1-11-9-13(3-6-16(11)19(21)22)17-15-5-4-14(20)10-12(15)7-8-18(17)2/h3-6,9-10,17,20H,7-8H2,1-2H3. The third kappa shape index (κ3) is 2.44. The van der Waals surface area contributed by atoms with Gasteiger partial charge in [0.15, 0.2) is 0 Å². The summed E-state index contributed by atoms with van der Waals surface area (Å²) in [5, 5.41) is 20.6. The zero-order valence-electron chi connectivity index (χ0n) is 12.6. The summed E-state index contributed by atoms with van der Waals surface area (Å²) < 4.78 is 0. The molecule has 0 spiro atoms. The first-order chi connectivity index (χ1) is 10.5. The monoisotopic (exact) mass is 298 g/mol. The number of likely N-dealkylation sites (N-methyl/N-ethyl adjacent to an activating group) is 1. The largest absolute Gasteiger partial charge is 0.508 e. The van der Waals surface area contributed by atoms with Gasteiger partial charge in [0, 0.05) is 18.2 Å². The second kappa shape index (κ2) is 5.42. The molecular formula is C17H18N2O3. The average Bonchev–Trinajstić information content (AvgIpc) is 2.47. The van der Waals surface area contributed by atoms with Crippen molar-refractivity contribution in [2.75, 3.05) is 13.6 Å². The van der Waals surface area contributed by atoms with E-state index >= 15 is 0 Å². The topological polar surface area (TPSA) is 66.6 Å². The van der Waals surface area contributed by atoms with Gasteiger partial charge in [-0.1, -0.05) is 12.1 Å². The van der Waals surface area contributed by atoms with E-state index in [0.29, 0.717) is 5.56 Å². The van der Waals surface area contributed by atoms with E-state index in [1.54, 1.807) is 19.1 Å². The zero-order valence-corrected chi connectivity index (χ0v) is 12.6. The van der Waals surface area contributed by atoms with Gasteiger partial charge in [-0.3, -0.25) is 15.0 Å². The van der Waals surface area contributed by atoms with Crippen molar-refractivity contribution < 1.29 is 10.0 Å². The van der Waals surface area contributed by atoms with Crippen LogP contribution in [0.15, 0.2) is 36.4 Å². The van der Waals surface area contributed by atoms with Crippen LogP contribution in [0.5, 0.6) is 5.75 Å². The summed E-state index contributed by atoms with van der Waals surface area (Å²) >= 11 is 0. The van der Waals surface area contributed by atoms with E-state index in [-0.39, 0.29) is 22.4 Å². The highest BCUT2D eigenvalue weighted by Gasteiger charge is 2.27. The quantitative estimate of drug-likeness (QED) is 0.683. The molecule has 2 aromatic carbocycles. The predicted octanol–water partition coefficient (Wildman–Crippen LogP) is 3.19. The summed E-state index contributed by atoms with van der Waals surface area (Å²) in [5.74, 6) is 0.280. The molecule has 2 aromatic rings. The number of rotatable bonds is 2. The Bertz CT molecular complexity index is 743. The Hall–Kier alpha value is -2.40. The zero-order chi connectivity index (χ0) is 15.9. The van der Waals surface area contributed by atoms with Crippen molar-refractivity contribution in [3.8, 4) is 5.75 Å². The number of aromatic hydroxyl groups is 1. The smallest absolute Gasteiger partial charge is 0.272 e. The van der Waals surface area contributed by atoms with Crippen molar-refractivity contribution >= 4 is 5.69 Å². The number of phenols is 1. The van der Waals surface area contributed by atoms with Crippen molar-refractivity contribution in [1.29, 1.82) is 0 Å². The Kier molecular flexibility index (Phi) is 3.58. The molecule has 0 aromatic heterocycles. The molecule has 114 valence electrons. The van der Waals surface area contributed by atoms with Crippen LogP contribution < -0.4 is 0 Å². The summed E-state index contributed by atoms with van der Waals surface area (Å²) in [5.41, 5.74) is 4.14. The summed E-state index contributed by atoms with van der Waals surface area (Å²) in [4.78, 5) is 12.9. The third-order valence-electron chi connectivity index (χ3n) is 4.33. The predicted molar refractivity (Wildman–Crippen MR) is 84.1 cm³/mol. The molecule has 1 heterocycles. The molecule has 0 saturated carbocycles. The van der Waals surface area contributed by atoms with Crippen molar-refractivity contribution in [1.82, 2.24) is 4.90 Å². The molecule has 0 aliphatic carbocycles. The Balaban J connectivity index is 2.08. The Morgan fingerprint density at radius 2 is 2.05 bits per heavy atom. The number of nitro benzene ring substituents is 1. The second-order valence-electron chi connectivity index (χ2n) is 5.82.